The standard InChI is InChI=1S/C15H17N3O2/c1-2-5-10-8-13(10)17-15-11-6-3-4-7-12(11)16-9-14(15)18(19)20/h3-4,6-7,9-10,13H,2,5,8H2,1H3,(H,16,17). The van der Waals surface area contributed by atoms with Gasteiger partial charge in [-0.25, -0.2) is 4.98 Å². The maximum absolute atomic E-state index is 11.2. The Bertz CT molecular complexity index is 657. The summed E-state index contributed by atoms with van der Waals surface area (Å²) in [6.45, 7) is 2.17. The molecule has 2 unspecified atom stereocenters. The summed E-state index contributed by atoms with van der Waals surface area (Å²) in [4.78, 5) is 15.0. The summed E-state index contributed by atoms with van der Waals surface area (Å²) in [5, 5.41) is 15.4. The minimum absolute atomic E-state index is 0.0610. The van der Waals surface area contributed by atoms with E-state index in [9.17, 15) is 10.1 Å². The Hall–Kier alpha value is -2.17. The molecule has 1 aliphatic rings. The van der Waals surface area contributed by atoms with Gasteiger partial charge in [-0.2, -0.15) is 0 Å². The molecule has 2 aromatic rings. The van der Waals surface area contributed by atoms with Gasteiger partial charge >= 0.3 is 5.69 Å². The molecule has 1 heterocycles. The number of nitro groups is 1. The molecular formula is C15H17N3O2. The summed E-state index contributed by atoms with van der Waals surface area (Å²) in [7, 11) is 0. The minimum atomic E-state index is -0.362. The van der Waals surface area contributed by atoms with Gasteiger partial charge in [0.1, 0.15) is 11.9 Å². The maximum Gasteiger partial charge on any atom is 0.311 e. The lowest BCUT2D eigenvalue weighted by molar-refractivity contribution is -0.384. The Balaban J connectivity index is 1.98. The van der Waals surface area contributed by atoms with Crippen molar-refractivity contribution in [3.8, 4) is 0 Å². The first kappa shape index (κ1) is 12.8. The molecule has 0 amide bonds. The number of hydrogen-bond acceptors (Lipinski definition) is 4. The fourth-order valence-electron chi connectivity index (χ4n) is 2.72. The molecule has 1 aliphatic carbocycles. The summed E-state index contributed by atoms with van der Waals surface area (Å²) >= 11 is 0. The molecule has 20 heavy (non-hydrogen) atoms. The van der Waals surface area contributed by atoms with Crippen LogP contribution in [0.5, 0.6) is 0 Å². The highest BCUT2D eigenvalue weighted by Crippen LogP contribution is 2.41. The maximum atomic E-state index is 11.2. The Morgan fingerprint density at radius 1 is 1.45 bits per heavy atom. The van der Waals surface area contributed by atoms with Crippen molar-refractivity contribution in [1.29, 1.82) is 0 Å². The van der Waals surface area contributed by atoms with Crippen LogP contribution in [-0.2, 0) is 0 Å². The number of benzene rings is 1. The molecule has 0 saturated heterocycles. The number of hydrogen-bond donors (Lipinski definition) is 1. The molecular weight excluding hydrogens is 254 g/mol. The van der Waals surface area contributed by atoms with Crippen LogP contribution in [0, 0.1) is 16.0 Å². The Labute approximate surface area is 117 Å². The predicted octanol–water partition coefficient (Wildman–Crippen LogP) is 3.74. The first-order valence-corrected chi connectivity index (χ1v) is 6.99. The van der Waals surface area contributed by atoms with Crippen LogP contribution in [0.4, 0.5) is 11.4 Å². The zero-order chi connectivity index (χ0) is 14.1. The van der Waals surface area contributed by atoms with E-state index in [0.29, 0.717) is 17.6 Å². The molecule has 104 valence electrons. The fraction of sp³-hybridized carbons (Fsp3) is 0.400. The smallest absolute Gasteiger partial charge is 0.311 e. The summed E-state index contributed by atoms with van der Waals surface area (Å²) in [6, 6.07) is 7.90. The summed E-state index contributed by atoms with van der Waals surface area (Å²) in [5.41, 5.74) is 1.46. The summed E-state index contributed by atoms with van der Waals surface area (Å²) in [5.74, 6) is 0.645. The van der Waals surface area contributed by atoms with E-state index in [1.54, 1.807) is 0 Å². The van der Waals surface area contributed by atoms with Crippen LogP contribution in [0.3, 0.4) is 0 Å². The Morgan fingerprint density at radius 2 is 2.25 bits per heavy atom. The van der Waals surface area contributed by atoms with Gasteiger partial charge in [-0.05, 0) is 24.8 Å². The summed E-state index contributed by atoms with van der Waals surface area (Å²) in [6.07, 6.45) is 4.78. The molecule has 0 radical (unpaired) electrons. The van der Waals surface area contributed by atoms with E-state index in [1.807, 2.05) is 24.3 Å². The lowest BCUT2D eigenvalue weighted by atomic mass is 10.1. The quantitative estimate of drug-likeness (QED) is 0.664. The van der Waals surface area contributed by atoms with E-state index >= 15 is 0 Å². The molecule has 0 bridgehead atoms. The molecule has 2 atom stereocenters. The average molecular weight is 271 g/mol. The van der Waals surface area contributed by atoms with Gasteiger partial charge in [-0.1, -0.05) is 31.5 Å². The SMILES string of the molecule is CCCC1CC1Nc1c([N+](=O)[O-])cnc2ccccc12. The second-order valence-electron chi connectivity index (χ2n) is 5.33. The Morgan fingerprint density at radius 3 is 3.00 bits per heavy atom. The van der Waals surface area contributed by atoms with Crippen molar-refractivity contribution < 1.29 is 4.92 Å². The predicted molar refractivity (Wildman–Crippen MR) is 78.8 cm³/mol. The van der Waals surface area contributed by atoms with Crippen molar-refractivity contribution in [3.63, 3.8) is 0 Å². The average Bonchev–Trinajstić information content (AvgIpc) is 3.17. The third kappa shape index (κ3) is 2.31. The van der Waals surface area contributed by atoms with E-state index in [1.165, 1.54) is 12.6 Å². The first-order chi connectivity index (χ1) is 9.70. The van der Waals surface area contributed by atoms with Crippen molar-refractivity contribution in [2.75, 3.05) is 5.32 Å². The molecule has 5 heteroatoms. The van der Waals surface area contributed by atoms with E-state index in [2.05, 4.69) is 17.2 Å². The van der Waals surface area contributed by atoms with Gasteiger partial charge in [0.25, 0.3) is 0 Å². The molecule has 1 N–H and O–H groups in total. The number of nitrogens with zero attached hydrogens (tertiary/aromatic N) is 2. The Kier molecular flexibility index (Phi) is 3.26. The van der Waals surface area contributed by atoms with E-state index < -0.39 is 0 Å². The molecule has 1 fully saturated rings. The fourth-order valence-corrected chi connectivity index (χ4v) is 2.72. The molecule has 1 saturated carbocycles. The third-order valence-corrected chi connectivity index (χ3v) is 3.86. The van der Waals surface area contributed by atoms with Crippen LogP contribution in [0.15, 0.2) is 30.5 Å². The largest absolute Gasteiger partial charge is 0.376 e. The van der Waals surface area contributed by atoms with Gasteiger partial charge in [-0.3, -0.25) is 10.1 Å². The van der Waals surface area contributed by atoms with Crippen LogP contribution in [0.2, 0.25) is 0 Å². The van der Waals surface area contributed by atoms with Crippen LogP contribution in [0.1, 0.15) is 26.2 Å². The lowest BCUT2D eigenvalue weighted by Crippen LogP contribution is -2.08. The van der Waals surface area contributed by atoms with Gasteiger partial charge in [0.05, 0.1) is 10.4 Å². The molecule has 3 rings (SSSR count). The normalized spacial score (nSPS) is 20.9. The van der Waals surface area contributed by atoms with Crippen molar-refractivity contribution in [1.82, 2.24) is 4.98 Å². The van der Waals surface area contributed by atoms with Crippen LogP contribution in [0.25, 0.3) is 10.9 Å². The molecule has 1 aromatic carbocycles. The van der Waals surface area contributed by atoms with Gasteiger partial charge in [0, 0.05) is 11.4 Å². The molecule has 1 aromatic heterocycles. The monoisotopic (exact) mass is 271 g/mol. The van der Waals surface area contributed by atoms with Crippen molar-refractivity contribution in [2.24, 2.45) is 5.92 Å². The van der Waals surface area contributed by atoms with Gasteiger partial charge in [-0.15, -0.1) is 0 Å². The van der Waals surface area contributed by atoms with E-state index in [4.69, 9.17) is 0 Å². The van der Waals surface area contributed by atoms with E-state index in [0.717, 1.165) is 23.7 Å². The number of fused-ring (bicyclic) bond motifs is 1. The second-order valence-corrected chi connectivity index (χ2v) is 5.33. The zero-order valence-corrected chi connectivity index (χ0v) is 11.4. The highest BCUT2D eigenvalue weighted by atomic mass is 16.6. The van der Waals surface area contributed by atoms with Gasteiger partial charge < -0.3 is 5.32 Å². The van der Waals surface area contributed by atoms with Crippen molar-refractivity contribution in [3.05, 3.63) is 40.6 Å². The molecule has 0 aliphatic heterocycles. The molecule has 5 nitrogen and oxygen atoms in total. The van der Waals surface area contributed by atoms with Gasteiger partial charge in [0.15, 0.2) is 0 Å². The lowest BCUT2D eigenvalue weighted by Gasteiger charge is -2.09. The zero-order valence-electron chi connectivity index (χ0n) is 11.4. The summed E-state index contributed by atoms with van der Waals surface area (Å²) < 4.78 is 0. The minimum Gasteiger partial charge on any atom is -0.376 e. The highest BCUT2D eigenvalue weighted by Gasteiger charge is 2.37. The second kappa shape index (κ2) is 5.07. The van der Waals surface area contributed by atoms with Crippen LogP contribution in [-0.4, -0.2) is 15.9 Å². The number of pyridine rings is 1. The number of anilines is 1. The number of para-hydroxylation sites is 1. The number of nitrogens with one attached hydrogen (secondary N) is 1. The number of rotatable bonds is 5. The number of aromatic nitrogens is 1. The van der Waals surface area contributed by atoms with Crippen molar-refractivity contribution >= 4 is 22.3 Å². The van der Waals surface area contributed by atoms with Crippen molar-refractivity contribution in [2.45, 2.75) is 32.2 Å². The van der Waals surface area contributed by atoms with Crippen LogP contribution < -0.4 is 5.32 Å². The van der Waals surface area contributed by atoms with Gasteiger partial charge in [0.2, 0.25) is 0 Å². The topological polar surface area (TPSA) is 68.1 Å². The van der Waals surface area contributed by atoms with Crippen LogP contribution >= 0.6 is 0 Å². The highest BCUT2D eigenvalue weighted by molar-refractivity contribution is 5.95. The first-order valence-electron chi connectivity index (χ1n) is 6.99. The third-order valence-electron chi connectivity index (χ3n) is 3.86. The van der Waals surface area contributed by atoms with E-state index in [-0.39, 0.29) is 10.6 Å². The molecule has 0 spiro atoms.